The molecule has 0 spiro atoms. The van der Waals surface area contributed by atoms with E-state index in [1.807, 2.05) is 0 Å². The number of hydrogen-bond acceptors (Lipinski definition) is 0. The van der Waals surface area contributed by atoms with Crippen LogP contribution in [0.4, 0.5) is 8.78 Å². The van der Waals surface area contributed by atoms with Gasteiger partial charge in [-0.2, -0.15) is 0 Å². The van der Waals surface area contributed by atoms with Crippen molar-refractivity contribution >= 4 is 15.9 Å². The first-order chi connectivity index (χ1) is 9.79. The predicted octanol–water partition coefficient (Wildman–Crippen LogP) is 6.12. The zero-order valence-corrected chi connectivity index (χ0v) is 14.7. The highest BCUT2D eigenvalue weighted by Gasteiger charge is 2.32. The number of halogens is 3. The Bertz CT molecular complexity index is 471. The van der Waals surface area contributed by atoms with Gasteiger partial charge in [0.1, 0.15) is 0 Å². The second-order valence-electron chi connectivity index (χ2n) is 7.41. The van der Waals surface area contributed by atoms with E-state index in [0.717, 1.165) is 5.92 Å². The SMILES string of the molecule is CC(C)(C)C1CCC(C(Br)Cc2cccc(F)c2F)CC1. The summed E-state index contributed by atoms with van der Waals surface area (Å²) in [5.41, 5.74) is 0.858. The van der Waals surface area contributed by atoms with E-state index in [9.17, 15) is 8.78 Å². The molecule has 0 saturated heterocycles. The van der Waals surface area contributed by atoms with Crippen molar-refractivity contribution in [1.82, 2.24) is 0 Å². The molecule has 3 heteroatoms. The molecule has 1 aromatic rings. The van der Waals surface area contributed by atoms with E-state index < -0.39 is 11.6 Å². The third-order valence-corrected chi connectivity index (χ3v) is 6.03. The van der Waals surface area contributed by atoms with Gasteiger partial charge in [0.05, 0.1) is 0 Å². The van der Waals surface area contributed by atoms with Crippen LogP contribution in [-0.2, 0) is 6.42 Å². The number of benzene rings is 1. The quantitative estimate of drug-likeness (QED) is 0.570. The molecule has 0 amide bonds. The summed E-state index contributed by atoms with van der Waals surface area (Å²) in [5.74, 6) is -0.0976. The third-order valence-electron chi connectivity index (χ3n) is 4.95. The largest absolute Gasteiger partial charge is 0.204 e. The van der Waals surface area contributed by atoms with E-state index >= 15 is 0 Å². The van der Waals surface area contributed by atoms with Crippen LogP contribution in [-0.4, -0.2) is 4.83 Å². The Kier molecular flexibility index (Phi) is 5.45. The smallest absolute Gasteiger partial charge is 0.162 e. The van der Waals surface area contributed by atoms with Crippen LogP contribution in [0.1, 0.15) is 52.0 Å². The molecule has 1 unspecified atom stereocenters. The minimum Gasteiger partial charge on any atom is -0.204 e. The molecule has 0 N–H and O–H groups in total. The molecule has 1 saturated carbocycles. The maximum Gasteiger partial charge on any atom is 0.162 e. The van der Waals surface area contributed by atoms with Gasteiger partial charge in [-0.05, 0) is 61.0 Å². The summed E-state index contributed by atoms with van der Waals surface area (Å²) < 4.78 is 27.0. The maximum absolute atomic E-state index is 13.8. The zero-order chi connectivity index (χ0) is 15.6. The van der Waals surface area contributed by atoms with Gasteiger partial charge in [-0.15, -0.1) is 0 Å². The first-order valence-electron chi connectivity index (χ1n) is 7.86. The van der Waals surface area contributed by atoms with E-state index in [1.54, 1.807) is 12.1 Å². The first kappa shape index (κ1) is 16.9. The van der Waals surface area contributed by atoms with Crippen LogP contribution in [0, 0.1) is 28.9 Å². The molecule has 0 aromatic heterocycles. The van der Waals surface area contributed by atoms with E-state index in [1.165, 1.54) is 31.7 Å². The molecule has 1 fully saturated rings. The van der Waals surface area contributed by atoms with Gasteiger partial charge in [0.25, 0.3) is 0 Å². The maximum atomic E-state index is 13.8. The molecule has 0 radical (unpaired) electrons. The topological polar surface area (TPSA) is 0 Å². The molecule has 0 heterocycles. The van der Waals surface area contributed by atoms with Gasteiger partial charge < -0.3 is 0 Å². The third kappa shape index (κ3) is 4.28. The first-order valence-corrected chi connectivity index (χ1v) is 8.77. The molecule has 0 aliphatic heterocycles. The molecule has 1 aliphatic rings. The fourth-order valence-electron chi connectivity index (χ4n) is 3.43. The molecule has 1 aromatic carbocycles. The Morgan fingerprint density at radius 2 is 1.76 bits per heavy atom. The van der Waals surface area contributed by atoms with Crippen LogP contribution < -0.4 is 0 Å². The molecule has 1 aliphatic carbocycles. The molecule has 0 nitrogen and oxygen atoms in total. The van der Waals surface area contributed by atoms with Gasteiger partial charge in [-0.25, -0.2) is 8.78 Å². The second-order valence-corrected chi connectivity index (χ2v) is 8.59. The van der Waals surface area contributed by atoms with Crippen molar-refractivity contribution in [3.63, 3.8) is 0 Å². The van der Waals surface area contributed by atoms with Crippen molar-refractivity contribution in [1.29, 1.82) is 0 Å². The van der Waals surface area contributed by atoms with Gasteiger partial charge in [-0.3, -0.25) is 0 Å². The highest BCUT2D eigenvalue weighted by atomic mass is 79.9. The zero-order valence-electron chi connectivity index (χ0n) is 13.1. The lowest BCUT2D eigenvalue weighted by molar-refractivity contribution is 0.149. The van der Waals surface area contributed by atoms with Crippen LogP contribution in [0.3, 0.4) is 0 Å². The van der Waals surface area contributed by atoms with Crippen molar-refractivity contribution < 1.29 is 8.78 Å². The van der Waals surface area contributed by atoms with Crippen LogP contribution in [0.25, 0.3) is 0 Å². The monoisotopic (exact) mass is 358 g/mol. The minimum absolute atomic E-state index is 0.231. The lowest BCUT2D eigenvalue weighted by Crippen LogP contribution is -2.29. The van der Waals surface area contributed by atoms with Crippen molar-refractivity contribution in [2.75, 3.05) is 0 Å². The summed E-state index contributed by atoms with van der Waals surface area (Å²) in [4.78, 5) is 0.231. The molecule has 0 bridgehead atoms. The van der Waals surface area contributed by atoms with Crippen molar-refractivity contribution in [2.45, 2.75) is 57.7 Å². The van der Waals surface area contributed by atoms with E-state index in [-0.39, 0.29) is 4.83 Å². The van der Waals surface area contributed by atoms with Crippen LogP contribution in [0.15, 0.2) is 18.2 Å². The molecule has 1 atom stereocenters. The molecular weight excluding hydrogens is 334 g/mol. The predicted molar refractivity (Wildman–Crippen MR) is 87.7 cm³/mol. The number of rotatable bonds is 3. The van der Waals surface area contributed by atoms with Gasteiger partial charge in [0.15, 0.2) is 11.6 Å². The second kappa shape index (κ2) is 6.76. The molecule has 21 heavy (non-hydrogen) atoms. The fraction of sp³-hybridized carbons (Fsp3) is 0.667. The normalized spacial score (nSPS) is 24.9. The number of hydrogen-bond donors (Lipinski definition) is 0. The van der Waals surface area contributed by atoms with Crippen LogP contribution >= 0.6 is 15.9 Å². The lowest BCUT2D eigenvalue weighted by Gasteiger charge is -2.38. The summed E-state index contributed by atoms with van der Waals surface area (Å²) in [6, 6.07) is 4.45. The summed E-state index contributed by atoms with van der Waals surface area (Å²) in [7, 11) is 0. The average Bonchev–Trinajstić information content (AvgIpc) is 2.43. The Hall–Kier alpha value is -0.440. The van der Waals surface area contributed by atoms with E-state index in [0.29, 0.717) is 23.3 Å². The highest BCUT2D eigenvalue weighted by Crippen LogP contribution is 2.42. The Labute approximate surface area is 135 Å². The van der Waals surface area contributed by atoms with Crippen LogP contribution in [0.2, 0.25) is 0 Å². The lowest BCUT2D eigenvalue weighted by atomic mass is 9.69. The molecule has 118 valence electrons. The molecule has 2 rings (SSSR count). The summed E-state index contributed by atoms with van der Waals surface area (Å²) in [6.07, 6.45) is 5.39. The van der Waals surface area contributed by atoms with Crippen LogP contribution in [0.5, 0.6) is 0 Å². The Balaban J connectivity index is 1.93. The molecular formula is C18H25BrF2. The van der Waals surface area contributed by atoms with Crippen molar-refractivity contribution in [2.24, 2.45) is 17.3 Å². The standard InChI is InChI=1S/C18H25BrF2/c1-18(2,3)14-9-7-12(8-10-14)15(19)11-13-5-4-6-16(20)17(13)21/h4-6,12,14-15H,7-11H2,1-3H3. The summed E-state index contributed by atoms with van der Waals surface area (Å²) >= 11 is 3.72. The van der Waals surface area contributed by atoms with Crippen molar-refractivity contribution in [3.05, 3.63) is 35.4 Å². The van der Waals surface area contributed by atoms with Crippen molar-refractivity contribution in [3.8, 4) is 0 Å². The van der Waals surface area contributed by atoms with Gasteiger partial charge >= 0.3 is 0 Å². The fourth-order valence-corrected chi connectivity index (χ4v) is 4.31. The summed E-state index contributed by atoms with van der Waals surface area (Å²) in [6.45, 7) is 6.93. The number of alkyl halides is 1. The Morgan fingerprint density at radius 3 is 2.33 bits per heavy atom. The van der Waals surface area contributed by atoms with Gasteiger partial charge in [0.2, 0.25) is 0 Å². The Morgan fingerprint density at radius 1 is 1.14 bits per heavy atom. The van der Waals surface area contributed by atoms with Gasteiger partial charge in [0, 0.05) is 4.83 Å². The highest BCUT2D eigenvalue weighted by molar-refractivity contribution is 9.09. The average molecular weight is 359 g/mol. The minimum atomic E-state index is -0.747. The summed E-state index contributed by atoms with van der Waals surface area (Å²) in [5, 5.41) is 0. The van der Waals surface area contributed by atoms with E-state index in [4.69, 9.17) is 0 Å². The van der Waals surface area contributed by atoms with E-state index in [2.05, 4.69) is 36.7 Å². The van der Waals surface area contributed by atoms with Gasteiger partial charge in [-0.1, -0.05) is 48.8 Å².